The van der Waals surface area contributed by atoms with Crippen LogP contribution in [0.4, 0.5) is 5.69 Å². The summed E-state index contributed by atoms with van der Waals surface area (Å²) in [5, 5.41) is 10.8. The molecule has 0 heterocycles. The third kappa shape index (κ3) is 2.70. The molecule has 0 amide bonds. The highest BCUT2D eigenvalue weighted by Crippen LogP contribution is 2.70. The fraction of sp³-hybridized carbons (Fsp3) is 0.636. The molecule has 4 atom stereocenters. The van der Waals surface area contributed by atoms with Gasteiger partial charge in [0, 0.05) is 18.1 Å². The first-order chi connectivity index (χ1) is 12.2. The summed E-state index contributed by atoms with van der Waals surface area (Å²) < 4.78 is 6.53. The number of rotatable bonds is 4. The Morgan fingerprint density at radius 1 is 1.19 bits per heavy atom. The molecule has 140 valence electrons. The van der Waals surface area contributed by atoms with Crippen molar-refractivity contribution < 1.29 is 9.66 Å². The van der Waals surface area contributed by atoms with Crippen LogP contribution in [0.1, 0.15) is 58.9 Å². The van der Waals surface area contributed by atoms with Gasteiger partial charge in [0.15, 0.2) is 0 Å². The summed E-state index contributed by atoms with van der Waals surface area (Å²) in [5.41, 5.74) is 4.77. The Hall–Kier alpha value is -1.68. The van der Waals surface area contributed by atoms with Crippen LogP contribution in [0.2, 0.25) is 0 Å². The van der Waals surface area contributed by atoms with E-state index in [9.17, 15) is 10.1 Å². The second-order valence-electron chi connectivity index (χ2n) is 9.30. The van der Waals surface area contributed by atoms with Crippen LogP contribution in [0.5, 0.6) is 0 Å². The number of hydrogen-bond acceptors (Lipinski definition) is 3. The lowest BCUT2D eigenvalue weighted by Crippen LogP contribution is -2.38. The van der Waals surface area contributed by atoms with Crippen molar-refractivity contribution in [3.8, 4) is 0 Å². The third-order valence-electron chi connectivity index (χ3n) is 7.47. The summed E-state index contributed by atoms with van der Waals surface area (Å²) in [5.74, 6) is 2.08. The molecular weight excluding hydrogens is 326 g/mol. The zero-order valence-corrected chi connectivity index (χ0v) is 16.2. The molecular formula is C22H29NO3. The van der Waals surface area contributed by atoms with E-state index in [2.05, 4.69) is 27.7 Å². The molecule has 0 unspecified atom stereocenters. The lowest BCUT2D eigenvalue weighted by Gasteiger charge is -2.37. The number of benzene rings is 1. The van der Waals surface area contributed by atoms with Gasteiger partial charge in [-0.15, -0.1) is 0 Å². The number of ether oxygens (including phenoxy) is 1. The first kappa shape index (κ1) is 17.7. The molecule has 4 nitrogen and oxygen atoms in total. The average Bonchev–Trinajstić information content (AvgIpc) is 2.98. The highest BCUT2D eigenvalue weighted by molar-refractivity contribution is 5.37. The third-order valence-corrected chi connectivity index (χ3v) is 7.47. The van der Waals surface area contributed by atoms with E-state index in [0.717, 1.165) is 23.8 Å². The van der Waals surface area contributed by atoms with Gasteiger partial charge in [0.05, 0.1) is 17.1 Å². The van der Waals surface area contributed by atoms with Crippen molar-refractivity contribution >= 4 is 5.69 Å². The Balaban J connectivity index is 1.52. The van der Waals surface area contributed by atoms with Crippen molar-refractivity contribution in [1.29, 1.82) is 0 Å². The van der Waals surface area contributed by atoms with Gasteiger partial charge in [0.1, 0.15) is 0 Å². The SMILES string of the molecule is CC1=C2[C@@H](CC1)[C@](C)(OCc1ccc([N+](=O)[O-])cc1)CC[C@@H]1[C@H]2C1(C)C. The molecule has 4 heteroatoms. The quantitative estimate of drug-likeness (QED) is 0.398. The molecule has 3 aliphatic carbocycles. The predicted molar refractivity (Wildman–Crippen MR) is 102 cm³/mol. The van der Waals surface area contributed by atoms with Crippen LogP contribution in [0.15, 0.2) is 35.4 Å². The molecule has 2 fully saturated rings. The maximum atomic E-state index is 10.8. The molecule has 2 saturated carbocycles. The monoisotopic (exact) mass is 355 g/mol. The Bertz CT molecular complexity index is 764. The second kappa shape index (κ2) is 5.91. The van der Waals surface area contributed by atoms with Gasteiger partial charge in [-0.1, -0.05) is 25.0 Å². The minimum Gasteiger partial charge on any atom is -0.370 e. The molecule has 0 aliphatic heterocycles. The fourth-order valence-corrected chi connectivity index (χ4v) is 5.73. The van der Waals surface area contributed by atoms with Crippen LogP contribution in [0.25, 0.3) is 0 Å². The molecule has 0 spiro atoms. The van der Waals surface area contributed by atoms with Crippen LogP contribution in [-0.4, -0.2) is 10.5 Å². The zero-order chi connectivity index (χ0) is 18.7. The number of nitro groups is 1. The zero-order valence-electron chi connectivity index (χ0n) is 16.2. The summed E-state index contributed by atoms with van der Waals surface area (Å²) >= 11 is 0. The van der Waals surface area contributed by atoms with Crippen molar-refractivity contribution in [2.75, 3.05) is 0 Å². The maximum absolute atomic E-state index is 10.8. The minimum absolute atomic E-state index is 0.127. The van der Waals surface area contributed by atoms with Crippen LogP contribution in [0.3, 0.4) is 0 Å². The van der Waals surface area contributed by atoms with E-state index in [0.29, 0.717) is 17.9 Å². The smallest absolute Gasteiger partial charge is 0.269 e. The lowest BCUT2D eigenvalue weighted by atomic mass is 9.78. The Labute approximate surface area is 155 Å². The molecule has 0 saturated heterocycles. The van der Waals surface area contributed by atoms with E-state index in [1.807, 2.05) is 12.1 Å². The molecule has 1 aromatic rings. The van der Waals surface area contributed by atoms with Crippen molar-refractivity contribution in [2.24, 2.45) is 23.2 Å². The summed E-state index contributed by atoms with van der Waals surface area (Å²) in [6.45, 7) is 10.00. The Morgan fingerprint density at radius 3 is 2.54 bits per heavy atom. The van der Waals surface area contributed by atoms with Crippen LogP contribution in [-0.2, 0) is 11.3 Å². The number of hydrogen-bond donors (Lipinski definition) is 0. The summed E-state index contributed by atoms with van der Waals surface area (Å²) in [7, 11) is 0. The normalized spacial score (nSPS) is 34.8. The van der Waals surface area contributed by atoms with Gasteiger partial charge < -0.3 is 4.74 Å². The fourth-order valence-electron chi connectivity index (χ4n) is 5.73. The van der Waals surface area contributed by atoms with E-state index in [1.165, 1.54) is 19.3 Å². The molecule has 26 heavy (non-hydrogen) atoms. The summed E-state index contributed by atoms with van der Waals surface area (Å²) in [4.78, 5) is 10.5. The van der Waals surface area contributed by atoms with Gasteiger partial charge in [-0.25, -0.2) is 0 Å². The van der Waals surface area contributed by atoms with Crippen molar-refractivity contribution in [3.05, 3.63) is 51.1 Å². The van der Waals surface area contributed by atoms with Gasteiger partial charge >= 0.3 is 0 Å². The number of nitro benzene ring substituents is 1. The van der Waals surface area contributed by atoms with E-state index in [4.69, 9.17) is 4.74 Å². The molecule has 0 aromatic heterocycles. The number of non-ortho nitro benzene ring substituents is 1. The van der Waals surface area contributed by atoms with E-state index in [-0.39, 0.29) is 16.2 Å². The molecule has 0 bridgehead atoms. The largest absolute Gasteiger partial charge is 0.370 e. The number of allylic oxidation sites excluding steroid dienone is 1. The topological polar surface area (TPSA) is 52.4 Å². The number of nitrogens with zero attached hydrogens (tertiary/aromatic N) is 1. The van der Waals surface area contributed by atoms with Crippen LogP contribution >= 0.6 is 0 Å². The van der Waals surface area contributed by atoms with Gasteiger partial charge in [0.2, 0.25) is 0 Å². The van der Waals surface area contributed by atoms with E-state index < -0.39 is 0 Å². The average molecular weight is 355 g/mol. The molecule has 3 aliphatic rings. The van der Waals surface area contributed by atoms with Crippen molar-refractivity contribution in [2.45, 2.75) is 65.6 Å². The molecule has 1 aromatic carbocycles. The van der Waals surface area contributed by atoms with Gasteiger partial charge in [-0.05, 0) is 74.5 Å². The second-order valence-corrected chi connectivity index (χ2v) is 9.30. The highest BCUT2D eigenvalue weighted by Gasteiger charge is 2.64. The summed E-state index contributed by atoms with van der Waals surface area (Å²) in [6, 6.07) is 6.76. The Morgan fingerprint density at radius 2 is 1.88 bits per heavy atom. The standard InChI is InChI=1S/C22H29NO3/c1-14-5-10-17-19(14)20-18(21(20,2)3)11-12-22(17,4)26-13-15-6-8-16(9-7-15)23(24)25/h6-9,17-18,20H,5,10-13H2,1-4H3/t17-,18-,20-,22-/m1/s1. The Kier molecular flexibility index (Phi) is 4.03. The lowest BCUT2D eigenvalue weighted by molar-refractivity contribution is -0.384. The predicted octanol–water partition coefficient (Wildman–Crippen LogP) is 5.66. The highest BCUT2D eigenvalue weighted by atomic mass is 16.6. The van der Waals surface area contributed by atoms with E-state index in [1.54, 1.807) is 23.3 Å². The van der Waals surface area contributed by atoms with Gasteiger partial charge in [0.25, 0.3) is 5.69 Å². The first-order valence-electron chi connectivity index (χ1n) is 9.81. The molecule has 4 rings (SSSR count). The minimum atomic E-state index is -0.357. The van der Waals surface area contributed by atoms with Gasteiger partial charge in [-0.2, -0.15) is 0 Å². The molecule has 0 radical (unpaired) electrons. The first-order valence-corrected chi connectivity index (χ1v) is 9.81. The van der Waals surface area contributed by atoms with Gasteiger partial charge in [-0.3, -0.25) is 10.1 Å². The van der Waals surface area contributed by atoms with Crippen LogP contribution in [0, 0.1) is 33.3 Å². The van der Waals surface area contributed by atoms with Crippen molar-refractivity contribution in [3.63, 3.8) is 0 Å². The maximum Gasteiger partial charge on any atom is 0.269 e. The van der Waals surface area contributed by atoms with Crippen LogP contribution < -0.4 is 0 Å². The van der Waals surface area contributed by atoms with E-state index >= 15 is 0 Å². The number of fused-ring (bicyclic) bond motifs is 3. The summed E-state index contributed by atoms with van der Waals surface area (Å²) in [6.07, 6.45) is 4.75. The van der Waals surface area contributed by atoms with Crippen molar-refractivity contribution in [1.82, 2.24) is 0 Å². The molecule has 0 N–H and O–H groups in total.